The van der Waals surface area contributed by atoms with Gasteiger partial charge in [0.2, 0.25) is 5.91 Å². The van der Waals surface area contributed by atoms with Crippen molar-refractivity contribution >= 4 is 51.5 Å². The van der Waals surface area contributed by atoms with Crippen molar-refractivity contribution in [3.63, 3.8) is 0 Å². The normalized spacial score (nSPS) is 15.2. The van der Waals surface area contributed by atoms with Crippen LogP contribution in [0.4, 0.5) is 14.9 Å². The van der Waals surface area contributed by atoms with Gasteiger partial charge in [-0.15, -0.1) is 0 Å². The summed E-state index contributed by atoms with van der Waals surface area (Å²) < 4.78 is 18.4. The number of rotatable bonds is 4. The third-order valence-electron chi connectivity index (χ3n) is 4.30. The minimum absolute atomic E-state index is 0.0113. The Morgan fingerprint density at radius 1 is 1.10 bits per heavy atom. The van der Waals surface area contributed by atoms with Gasteiger partial charge in [-0.1, -0.05) is 12.1 Å². The number of hydrogen-bond acceptors (Lipinski definition) is 6. The lowest BCUT2D eigenvalue weighted by molar-refractivity contribution is -0.127. The number of thioether (sulfide) groups is 1. The van der Waals surface area contributed by atoms with Gasteiger partial charge < -0.3 is 9.73 Å². The third-order valence-corrected chi connectivity index (χ3v) is 5.20. The van der Waals surface area contributed by atoms with Crippen molar-refractivity contribution in [2.45, 2.75) is 0 Å². The van der Waals surface area contributed by atoms with E-state index in [1.165, 1.54) is 36.6 Å². The first-order chi connectivity index (χ1) is 14.4. The van der Waals surface area contributed by atoms with Crippen molar-refractivity contribution in [1.29, 1.82) is 0 Å². The number of nitrogens with zero attached hydrogens (tertiary/aromatic N) is 1. The summed E-state index contributed by atoms with van der Waals surface area (Å²) >= 11 is 0.629. The maximum atomic E-state index is 12.9. The molecule has 9 heteroatoms. The molecule has 0 bridgehead atoms. The van der Waals surface area contributed by atoms with Crippen LogP contribution in [0.1, 0.15) is 5.56 Å². The summed E-state index contributed by atoms with van der Waals surface area (Å²) in [5.41, 5.74) is 0.524. The average molecular weight is 424 g/mol. The van der Waals surface area contributed by atoms with Crippen LogP contribution in [0.25, 0.3) is 17.0 Å². The molecule has 0 radical (unpaired) electrons. The predicted octanol–water partition coefficient (Wildman–Crippen LogP) is 3.61. The number of para-hydroxylation sites is 1. The van der Waals surface area contributed by atoms with Gasteiger partial charge in [-0.2, -0.15) is 0 Å². The van der Waals surface area contributed by atoms with Crippen molar-refractivity contribution in [1.82, 2.24) is 4.90 Å². The van der Waals surface area contributed by atoms with E-state index in [-0.39, 0.29) is 15.9 Å². The number of carbonyl (C=O) groups is 3. The van der Waals surface area contributed by atoms with E-state index in [1.54, 1.807) is 24.3 Å². The lowest BCUT2D eigenvalue weighted by Gasteiger charge is -2.12. The van der Waals surface area contributed by atoms with Gasteiger partial charge in [0.15, 0.2) is 5.43 Å². The summed E-state index contributed by atoms with van der Waals surface area (Å²) in [6.07, 6.45) is 2.50. The largest absolute Gasteiger partial charge is 0.463 e. The SMILES string of the molecule is O=C(CN1C(=O)S/C(=C\c2coc3ccccc3c2=O)C1=O)Nc1ccc(F)cc1. The molecule has 0 spiro atoms. The van der Waals surface area contributed by atoms with E-state index in [0.29, 0.717) is 28.4 Å². The van der Waals surface area contributed by atoms with Crippen LogP contribution in [0, 0.1) is 5.82 Å². The van der Waals surface area contributed by atoms with Gasteiger partial charge in [-0.05, 0) is 54.2 Å². The Bertz CT molecular complexity index is 1270. The average Bonchev–Trinajstić information content (AvgIpc) is 2.99. The van der Waals surface area contributed by atoms with E-state index in [4.69, 9.17) is 4.42 Å². The molecule has 30 heavy (non-hydrogen) atoms. The highest BCUT2D eigenvalue weighted by molar-refractivity contribution is 8.18. The Labute approximate surface area is 173 Å². The first-order valence-electron chi connectivity index (χ1n) is 8.74. The summed E-state index contributed by atoms with van der Waals surface area (Å²) in [7, 11) is 0. The van der Waals surface area contributed by atoms with Gasteiger partial charge in [-0.25, -0.2) is 4.39 Å². The number of hydrogen-bond donors (Lipinski definition) is 1. The molecule has 3 aromatic rings. The van der Waals surface area contributed by atoms with Gasteiger partial charge in [0, 0.05) is 5.69 Å². The zero-order chi connectivity index (χ0) is 21.3. The molecule has 1 fully saturated rings. The number of amides is 3. The van der Waals surface area contributed by atoms with E-state index in [0.717, 1.165) is 4.90 Å². The van der Waals surface area contributed by atoms with Crippen LogP contribution in [0.2, 0.25) is 0 Å². The monoisotopic (exact) mass is 424 g/mol. The second kappa shape index (κ2) is 7.96. The summed E-state index contributed by atoms with van der Waals surface area (Å²) in [5.74, 6) is -1.76. The second-order valence-corrected chi connectivity index (χ2v) is 7.33. The molecule has 1 aliphatic rings. The molecule has 1 aromatic heterocycles. The second-order valence-electron chi connectivity index (χ2n) is 6.34. The summed E-state index contributed by atoms with van der Waals surface area (Å²) in [4.78, 5) is 50.3. The lowest BCUT2D eigenvalue weighted by Crippen LogP contribution is -2.36. The Kier molecular flexibility index (Phi) is 5.20. The number of imide groups is 1. The fraction of sp³-hybridized carbons (Fsp3) is 0.0476. The van der Waals surface area contributed by atoms with Crippen LogP contribution in [0.5, 0.6) is 0 Å². The van der Waals surface area contributed by atoms with Crippen LogP contribution in [-0.2, 0) is 9.59 Å². The lowest BCUT2D eigenvalue weighted by atomic mass is 10.1. The first kappa shape index (κ1) is 19.6. The van der Waals surface area contributed by atoms with Crippen LogP contribution < -0.4 is 10.7 Å². The topological polar surface area (TPSA) is 96.7 Å². The highest BCUT2D eigenvalue weighted by Gasteiger charge is 2.36. The maximum Gasteiger partial charge on any atom is 0.294 e. The summed E-state index contributed by atoms with van der Waals surface area (Å²) in [5, 5.41) is 2.20. The molecule has 4 rings (SSSR count). The molecule has 0 unspecified atom stereocenters. The number of nitrogens with one attached hydrogen (secondary N) is 1. The molecule has 0 atom stereocenters. The fourth-order valence-electron chi connectivity index (χ4n) is 2.85. The number of halogens is 1. The molecule has 2 heterocycles. The van der Waals surface area contributed by atoms with Crippen molar-refractivity contribution < 1.29 is 23.2 Å². The van der Waals surface area contributed by atoms with Crippen molar-refractivity contribution in [2.24, 2.45) is 0 Å². The van der Waals surface area contributed by atoms with E-state index < -0.39 is 29.4 Å². The number of benzene rings is 2. The molecule has 0 saturated carbocycles. The number of carbonyl (C=O) groups excluding carboxylic acids is 3. The highest BCUT2D eigenvalue weighted by Crippen LogP contribution is 2.32. The molecule has 1 saturated heterocycles. The molecular weight excluding hydrogens is 411 g/mol. The number of fused-ring (bicyclic) bond motifs is 1. The molecule has 0 aliphatic carbocycles. The minimum atomic E-state index is -0.688. The molecule has 1 aliphatic heterocycles. The standard InChI is InChI=1S/C21H13FN2O5S/c22-13-5-7-14(8-6-13)23-18(25)10-24-20(27)17(30-21(24)28)9-12-11-29-16-4-2-1-3-15(16)19(12)26/h1-9,11H,10H2,(H,23,25)/b17-9-. The van der Waals surface area contributed by atoms with Gasteiger partial charge in [-0.3, -0.25) is 24.1 Å². The quantitative estimate of drug-likeness (QED) is 0.643. The summed E-state index contributed by atoms with van der Waals surface area (Å²) in [6.45, 7) is -0.508. The summed E-state index contributed by atoms with van der Waals surface area (Å²) in [6, 6.07) is 11.7. The Morgan fingerprint density at radius 2 is 1.83 bits per heavy atom. The predicted molar refractivity (Wildman–Crippen MR) is 110 cm³/mol. The van der Waals surface area contributed by atoms with E-state index in [9.17, 15) is 23.6 Å². The highest BCUT2D eigenvalue weighted by atomic mass is 32.2. The molecule has 2 aromatic carbocycles. The van der Waals surface area contributed by atoms with Crippen molar-refractivity contribution in [2.75, 3.05) is 11.9 Å². The Morgan fingerprint density at radius 3 is 2.60 bits per heavy atom. The van der Waals surface area contributed by atoms with Crippen molar-refractivity contribution in [3.8, 4) is 0 Å². The third kappa shape index (κ3) is 3.87. The van der Waals surface area contributed by atoms with Gasteiger partial charge in [0.25, 0.3) is 11.1 Å². The zero-order valence-corrected chi connectivity index (χ0v) is 16.1. The van der Waals surface area contributed by atoms with Crippen molar-refractivity contribution in [3.05, 3.63) is 81.3 Å². The van der Waals surface area contributed by atoms with Gasteiger partial charge in [0.05, 0.1) is 15.9 Å². The molecule has 150 valence electrons. The molecular formula is C21H13FN2O5S. The zero-order valence-electron chi connectivity index (χ0n) is 15.3. The molecule has 3 amide bonds. The van der Waals surface area contributed by atoms with E-state index in [2.05, 4.69) is 5.32 Å². The fourth-order valence-corrected chi connectivity index (χ4v) is 3.68. The minimum Gasteiger partial charge on any atom is -0.463 e. The first-order valence-corrected chi connectivity index (χ1v) is 9.55. The maximum absolute atomic E-state index is 12.9. The Hall–Kier alpha value is -3.72. The Balaban J connectivity index is 1.52. The smallest absolute Gasteiger partial charge is 0.294 e. The van der Waals surface area contributed by atoms with Crippen LogP contribution in [-0.4, -0.2) is 28.5 Å². The van der Waals surface area contributed by atoms with E-state index in [1.807, 2.05) is 0 Å². The van der Waals surface area contributed by atoms with Crippen LogP contribution in [0.15, 0.2) is 68.9 Å². The van der Waals surface area contributed by atoms with Crippen LogP contribution in [0.3, 0.4) is 0 Å². The molecule has 1 N–H and O–H groups in total. The van der Waals surface area contributed by atoms with E-state index >= 15 is 0 Å². The molecule has 7 nitrogen and oxygen atoms in total. The van der Waals surface area contributed by atoms with Gasteiger partial charge in [0.1, 0.15) is 24.2 Å². The van der Waals surface area contributed by atoms with Gasteiger partial charge >= 0.3 is 0 Å². The number of anilines is 1. The van der Waals surface area contributed by atoms with Crippen LogP contribution >= 0.6 is 11.8 Å².